The highest BCUT2D eigenvalue weighted by Gasteiger charge is 2.33. The van der Waals surface area contributed by atoms with Gasteiger partial charge in [-0.2, -0.15) is 13.2 Å². The van der Waals surface area contributed by atoms with E-state index in [-0.39, 0.29) is 17.6 Å². The number of halogens is 5. The van der Waals surface area contributed by atoms with Crippen LogP contribution in [0.15, 0.2) is 29.1 Å². The second kappa shape index (κ2) is 7.47. The third kappa shape index (κ3) is 3.51. The van der Waals surface area contributed by atoms with Crippen molar-refractivity contribution in [2.75, 3.05) is 6.61 Å². The fourth-order valence-corrected chi connectivity index (χ4v) is 3.26. The van der Waals surface area contributed by atoms with Crippen LogP contribution in [0.25, 0.3) is 16.6 Å². The number of carboxylic acids is 1. The number of para-hydroxylation sites is 1. The van der Waals surface area contributed by atoms with Gasteiger partial charge in [-0.05, 0) is 24.6 Å². The molecule has 0 spiro atoms. The van der Waals surface area contributed by atoms with Gasteiger partial charge in [0.1, 0.15) is 22.7 Å². The van der Waals surface area contributed by atoms with Gasteiger partial charge in [0, 0.05) is 12.7 Å². The highest BCUT2D eigenvalue weighted by atomic mass is 19.4. The Morgan fingerprint density at radius 3 is 2.30 bits per heavy atom. The minimum absolute atomic E-state index is 0.0422. The van der Waals surface area contributed by atoms with Gasteiger partial charge in [-0.3, -0.25) is 9.36 Å². The molecule has 2 aromatic heterocycles. The number of aromatic carboxylic acids is 1. The van der Waals surface area contributed by atoms with Crippen molar-refractivity contribution in [3.63, 3.8) is 0 Å². The molecule has 0 saturated carbocycles. The van der Waals surface area contributed by atoms with Gasteiger partial charge in [-0.1, -0.05) is 13.0 Å². The summed E-state index contributed by atoms with van der Waals surface area (Å²) in [7, 11) is 1.24. The van der Waals surface area contributed by atoms with E-state index in [0.717, 1.165) is 22.8 Å². The molecule has 30 heavy (non-hydrogen) atoms. The fourth-order valence-electron chi connectivity index (χ4n) is 3.26. The van der Waals surface area contributed by atoms with E-state index in [9.17, 15) is 36.6 Å². The fraction of sp³-hybridized carbons (Fsp3) is 0.263. The molecule has 11 heteroatoms. The zero-order chi connectivity index (χ0) is 22.4. The van der Waals surface area contributed by atoms with Crippen LogP contribution in [0.2, 0.25) is 0 Å². The first-order chi connectivity index (χ1) is 14.0. The highest BCUT2D eigenvalue weighted by Crippen LogP contribution is 2.33. The number of carboxylic acid groups (broad SMARTS) is 1. The first-order valence-electron chi connectivity index (χ1n) is 8.62. The lowest BCUT2D eigenvalue weighted by Gasteiger charge is -2.15. The third-order valence-corrected chi connectivity index (χ3v) is 4.51. The van der Waals surface area contributed by atoms with E-state index in [4.69, 9.17) is 0 Å². The topological polar surface area (TPSA) is 73.5 Å². The van der Waals surface area contributed by atoms with E-state index >= 15 is 0 Å². The zero-order valence-corrected chi connectivity index (χ0v) is 15.7. The van der Waals surface area contributed by atoms with Gasteiger partial charge in [-0.25, -0.2) is 13.6 Å². The summed E-state index contributed by atoms with van der Waals surface area (Å²) in [4.78, 5) is 24.9. The van der Waals surface area contributed by atoms with Crippen molar-refractivity contribution in [2.24, 2.45) is 7.05 Å². The maximum Gasteiger partial charge on any atom is 0.422 e. The van der Waals surface area contributed by atoms with Crippen LogP contribution in [0.3, 0.4) is 0 Å². The number of pyridine rings is 1. The largest absolute Gasteiger partial charge is 0.481 e. The third-order valence-electron chi connectivity index (χ3n) is 4.51. The Kier molecular flexibility index (Phi) is 5.31. The Hall–Kier alpha value is -3.37. The number of fused-ring (bicyclic) bond motifs is 1. The van der Waals surface area contributed by atoms with Crippen molar-refractivity contribution in [1.29, 1.82) is 0 Å². The van der Waals surface area contributed by atoms with E-state index in [0.29, 0.717) is 4.57 Å². The summed E-state index contributed by atoms with van der Waals surface area (Å²) in [5, 5.41) is 8.93. The predicted octanol–water partition coefficient (Wildman–Crippen LogP) is 3.81. The maximum atomic E-state index is 14.4. The number of carbonyl (C=O) groups is 1. The molecule has 0 unspecified atom stereocenters. The van der Waals surface area contributed by atoms with Gasteiger partial charge in [0.15, 0.2) is 18.1 Å². The molecule has 160 valence electrons. The monoisotopic (exact) mass is 430 g/mol. The van der Waals surface area contributed by atoms with Crippen molar-refractivity contribution < 1.29 is 36.6 Å². The molecule has 2 heterocycles. The first-order valence-corrected chi connectivity index (χ1v) is 8.62. The summed E-state index contributed by atoms with van der Waals surface area (Å²) in [5.41, 5.74) is -2.44. The SMILES string of the molecule is CCc1cc2c(c(OCC(F)(F)F)c(C(=O)O)n2C)c(=O)n1-c1c(F)cccc1F. The van der Waals surface area contributed by atoms with E-state index in [1.807, 2.05) is 0 Å². The van der Waals surface area contributed by atoms with E-state index in [1.54, 1.807) is 6.92 Å². The van der Waals surface area contributed by atoms with Gasteiger partial charge in [0.25, 0.3) is 5.56 Å². The number of rotatable bonds is 5. The van der Waals surface area contributed by atoms with Crippen LogP contribution in [-0.4, -0.2) is 33.0 Å². The minimum Gasteiger partial charge on any atom is -0.481 e. The van der Waals surface area contributed by atoms with Gasteiger partial charge in [0.2, 0.25) is 0 Å². The number of benzene rings is 1. The molecule has 3 rings (SSSR count). The molecule has 0 radical (unpaired) electrons. The van der Waals surface area contributed by atoms with Crippen LogP contribution >= 0.6 is 0 Å². The molecule has 0 saturated heterocycles. The molecule has 0 aliphatic carbocycles. The molecule has 0 atom stereocenters. The highest BCUT2D eigenvalue weighted by molar-refractivity contribution is 6.00. The summed E-state index contributed by atoms with van der Waals surface area (Å²) in [6.45, 7) is -0.257. The van der Waals surface area contributed by atoms with Crippen LogP contribution in [0.4, 0.5) is 22.0 Å². The predicted molar refractivity (Wildman–Crippen MR) is 96.3 cm³/mol. The zero-order valence-electron chi connectivity index (χ0n) is 15.7. The van der Waals surface area contributed by atoms with Crippen LogP contribution in [0.1, 0.15) is 23.1 Å². The summed E-state index contributed by atoms with van der Waals surface area (Å²) >= 11 is 0. The summed E-state index contributed by atoms with van der Waals surface area (Å²) in [6.07, 6.45) is -4.69. The van der Waals surface area contributed by atoms with E-state index < -0.39 is 58.5 Å². The van der Waals surface area contributed by atoms with Gasteiger partial charge in [0.05, 0.1) is 5.52 Å². The van der Waals surface area contributed by atoms with Crippen molar-refractivity contribution in [1.82, 2.24) is 9.13 Å². The second-order valence-electron chi connectivity index (χ2n) is 6.41. The number of aromatic nitrogens is 2. The first kappa shape index (κ1) is 21.3. The minimum atomic E-state index is -4.81. The maximum absolute atomic E-state index is 14.4. The number of hydrogen-bond acceptors (Lipinski definition) is 3. The van der Waals surface area contributed by atoms with Gasteiger partial charge < -0.3 is 14.4 Å². The number of hydrogen-bond donors (Lipinski definition) is 1. The lowest BCUT2D eigenvalue weighted by molar-refractivity contribution is -0.153. The molecule has 1 N–H and O–H groups in total. The summed E-state index contributed by atoms with van der Waals surface area (Å²) < 4.78 is 73.2. The van der Waals surface area contributed by atoms with Crippen LogP contribution in [0, 0.1) is 11.6 Å². The average Bonchev–Trinajstić information content (AvgIpc) is 2.93. The summed E-state index contributed by atoms with van der Waals surface area (Å²) in [6, 6.07) is 4.22. The van der Waals surface area contributed by atoms with Crippen LogP contribution in [0.5, 0.6) is 5.75 Å². The van der Waals surface area contributed by atoms with Gasteiger partial charge in [-0.15, -0.1) is 0 Å². The standard InChI is InChI=1S/C19H15F5N2O4/c1-3-9-7-12-13(17(27)26(9)14-10(20)5-4-6-11(14)21)16(30-8-19(22,23)24)15(18(28)29)25(12)2/h4-7H,3,8H2,1-2H3,(H,28,29). The van der Waals surface area contributed by atoms with Gasteiger partial charge >= 0.3 is 12.1 Å². The molecule has 0 aliphatic rings. The molecule has 0 fully saturated rings. The molecule has 0 amide bonds. The molecular formula is C19H15F5N2O4. The Morgan fingerprint density at radius 1 is 1.20 bits per heavy atom. The van der Waals surface area contributed by atoms with Crippen molar-refractivity contribution in [2.45, 2.75) is 19.5 Å². The van der Waals surface area contributed by atoms with Crippen molar-refractivity contribution in [3.05, 3.63) is 57.6 Å². The van der Waals surface area contributed by atoms with Crippen LogP contribution in [-0.2, 0) is 13.5 Å². The molecular weight excluding hydrogens is 415 g/mol. The number of nitrogens with zero attached hydrogens (tertiary/aromatic N) is 2. The molecule has 3 aromatic rings. The van der Waals surface area contributed by atoms with Crippen molar-refractivity contribution >= 4 is 16.9 Å². The Balaban J connectivity index is 2.46. The smallest absolute Gasteiger partial charge is 0.422 e. The Morgan fingerprint density at radius 2 is 1.80 bits per heavy atom. The molecule has 6 nitrogen and oxygen atoms in total. The second-order valence-corrected chi connectivity index (χ2v) is 6.41. The Labute approximate surface area is 165 Å². The lowest BCUT2D eigenvalue weighted by atomic mass is 10.2. The molecule has 1 aromatic carbocycles. The molecule has 0 aliphatic heterocycles. The van der Waals surface area contributed by atoms with Crippen molar-refractivity contribution in [3.8, 4) is 11.4 Å². The molecule has 0 bridgehead atoms. The van der Waals surface area contributed by atoms with E-state index in [2.05, 4.69) is 4.74 Å². The number of alkyl halides is 3. The normalized spacial score (nSPS) is 11.8. The number of ether oxygens (including phenoxy) is 1. The van der Waals surface area contributed by atoms with E-state index in [1.165, 1.54) is 13.1 Å². The summed E-state index contributed by atoms with van der Waals surface area (Å²) in [5.74, 6) is -4.60. The average molecular weight is 430 g/mol. The van der Waals surface area contributed by atoms with Crippen LogP contribution < -0.4 is 10.3 Å². The Bertz CT molecular complexity index is 1190. The lowest BCUT2D eigenvalue weighted by Crippen LogP contribution is -2.25. The quantitative estimate of drug-likeness (QED) is 0.625. The number of aryl methyl sites for hydroxylation is 2.